The summed E-state index contributed by atoms with van der Waals surface area (Å²) >= 11 is 0. The van der Waals surface area contributed by atoms with E-state index >= 15 is 0 Å². The van der Waals surface area contributed by atoms with Crippen LogP contribution in [0.5, 0.6) is 5.75 Å². The molecule has 1 aliphatic rings. The molecule has 0 amide bonds. The Morgan fingerprint density at radius 3 is 3.05 bits per heavy atom. The number of hydrogen-bond acceptors (Lipinski definition) is 5. The van der Waals surface area contributed by atoms with E-state index in [2.05, 4.69) is 9.97 Å². The van der Waals surface area contributed by atoms with Gasteiger partial charge in [0.05, 0.1) is 12.7 Å². The Hall–Kier alpha value is -2.14. The normalized spacial score (nSPS) is 21.5. The lowest BCUT2D eigenvalue weighted by molar-refractivity contribution is 0.0144. The van der Waals surface area contributed by atoms with Crippen molar-refractivity contribution in [1.29, 1.82) is 0 Å². The highest BCUT2D eigenvalue weighted by molar-refractivity contribution is 5.38. The maximum Gasteiger partial charge on any atom is 0.147 e. The first-order chi connectivity index (χ1) is 10.1. The number of ether oxygens (including phenoxy) is 1. The lowest BCUT2D eigenvalue weighted by atomic mass is 10.1. The molecule has 5 nitrogen and oxygen atoms in total. The number of nitrogens with zero attached hydrogens (tertiary/aromatic N) is 3. The molecule has 3 rings (SSSR count). The van der Waals surface area contributed by atoms with Crippen LogP contribution in [-0.4, -0.2) is 40.4 Å². The summed E-state index contributed by atoms with van der Waals surface area (Å²) in [7, 11) is 0. The van der Waals surface area contributed by atoms with E-state index in [1.54, 1.807) is 18.6 Å². The fourth-order valence-corrected chi connectivity index (χ4v) is 2.55. The van der Waals surface area contributed by atoms with Gasteiger partial charge in [-0.05, 0) is 31.0 Å². The number of rotatable bonds is 4. The third-order valence-corrected chi connectivity index (χ3v) is 3.70. The number of anilines is 1. The van der Waals surface area contributed by atoms with Gasteiger partial charge in [-0.2, -0.15) is 0 Å². The molecule has 0 saturated carbocycles. The predicted molar refractivity (Wildman–Crippen MR) is 80.5 cm³/mol. The van der Waals surface area contributed by atoms with E-state index in [4.69, 9.17) is 4.74 Å². The fourth-order valence-electron chi connectivity index (χ4n) is 2.55. The van der Waals surface area contributed by atoms with Crippen LogP contribution in [0.15, 0.2) is 42.9 Å². The molecule has 0 aliphatic carbocycles. The van der Waals surface area contributed by atoms with Crippen LogP contribution in [0.4, 0.5) is 5.82 Å². The second-order valence-corrected chi connectivity index (χ2v) is 5.56. The predicted octanol–water partition coefficient (Wildman–Crippen LogP) is 1.81. The number of aliphatic hydroxyl groups is 1. The van der Waals surface area contributed by atoms with Crippen molar-refractivity contribution in [1.82, 2.24) is 9.97 Å². The molecule has 1 aromatic carbocycles. The molecule has 0 bridgehead atoms. The van der Waals surface area contributed by atoms with Crippen LogP contribution in [0.25, 0.3) is 0 Å². The molecule has 2 heterocycles. The lowest BCUT2D eigenvalue weighted by Gasteiger charge is -2.24. The van der Waals surface area contributed by atoms with Crippen molar-refractivity contribution in [2.24, 2.45) is 0 Å². The highest BCUT2D eigenvalue weighted by Crippen LogP contribution is 2.26. The number of aromatic nitrogens is 2. The van der Waals surface area contributed by atoms with Crippen LogP contribution < -0.4 is 9.64 Å². The maximum atomic E-state index is 10.6. The number of hydrogen-bond donors (Lipinski definition) is 1. The monoisotopic (exact) mass is 285 g/mol. The highest BCUT2D eigenvalue weighted by Gasteiger charge is 2.37. The molecule has 1 aromatic heterocycles. The first-order valence-corrected chi connectivity index (χ1v) is 7.07. The molecule has 0 spiro atoms. The van der Waals surface area contributed by atoms with E-state index < -0.39 is 5.60 Å². The first kappa shape index (κ1) is 13.8. The molecule has 21 heavy (non-hydrogen) atoms. The summed E-state index contributed by atoms with van der Waals surface area (Å²) in [5, 5.41) is 10.6. The Balaban J connectivity index is 1.61. The smallest absolute Gasteiger partial charge is 0.147 e. The van der Waals surface area contributed by atoms with Crippen LogP contribution >= 0.6 is 0 Å². The first-order valence-electron chi connectivity index (χ1n) is 7.07. The Kier molecular flexibility index (Phi) is 3.75. The van der Waals surface area contributed by atoms with E-state index in [-0.39, 0.29) is 6.61 Å². The summed E-state index contributed by atoms with van der Waals surface area (Å²) in [6.07, 6.45) is 5.69. The number of β-amino-alcohol motifs (C(OH)–C–C–N with tert-alkyl or cyclic N) is 1. The van der Waals surface area contributed by atoms with E-state index in [9.17, 15) is 5.11 Å². The van der Waals surface area contributed by atoms with Gasteiger partial charge in [0.1, 0.15) is 23.8 Å². The second-order valence-electron chi connectivity index (χ2n) is 5.56. The summed E-state index contributed by atoms with van der Waals surface area (Å²) in [5.74, 6) is 1.59. The van der Waals surface area contributed by atoms with Crippen molar-refractivity contribution >= 4 is 5.82 Å². The summed E-state index contributed by atoms with van der Waals surface area (Å²) < 4.78 is 5.75. The number of aryl methyl sites for hydroxylation is 1. The molecule has 110 valence electrons. The van der Waals surface area contributed by atoms with Gasteiger partial charge in [-0.1, -0.05) is 12.1 Å². The molecule has 5 heteroatoms. The molecule has 1 saturated heterocycles. The van der Waals surface area contributed by atoms with Gasteiger partial charge in [0.2, 0.25) is 0 Å². The van der Waals surface area contributed by atoms with Gasteiger partial charge in [-0.25, -0.2) is 4.98 Å². The minimum Gasteiger partial charge on any atom is -0.491 e. The van der Waals surface area contributed by atoms with Gasteiger partial charge in [-0.3, -0.25) is 4.98 Å². The summed E-state index contributed by atoms with van der Waals surface area (Å²) in [4.78, 5) is 10.4. The highest BCUT2D eigenvalue weighted by atomic mass is 16.5. The average molecular weight is 285 g/mol. The van der Waals surface area contributed by atoms with E-state index in [1.807, 2.05) is 36.1 Å². The van der Waals surface area contributed by atoms with Crippen molar-refractivity contribution in [2.45, 2.75) is 18.9 Å². The van der Waals surface area contributed by atoms with Crippen LogP contribution in [0.2, 0.25) is 0 Å². The molecule has 1 fully saturated rings. The Morgan fingerprint density at radius 2 is 2.29 bits per heavy atom. The van der Waals surface area contributed by atoms with Crippen LogP contribution in [0.3, 0.4) is 0 Å². The lowest BCUT2D eigenvalue weighted by Crippen LogP contribution is -2.39. The van der Waals surface area contributed by atoms with Gasteiger partial charge >= 0.3 is 0 Å². The molecular weight excluding hydrogens is 266 g/mol. The Morgan fingerprint density at radius 1 is 1.38 bits per heavy atom. The Bertz CT molecular complexity index is 605. The van der Waals surface area contributed by atoms with Crippen molar-refractivity contribution in [3.63, 3.8) is 0 Å². The molecule has 1 atom stereocenters. The van der Waals surface area contributed by atoms with Gasteiger partial charge in [0, 0.05) is 18.9 Å². The van der Waals surface area contributed by atoms with E-state index in [0.29, 0.717) is 13.0 Å². The van der Waals surface area contributed by atoms with Crippen LogP contribution in [0, 0.1) is 6.92 Å². The third kappa shape index (κ3) is 3.31. The third-order valence-electron chi connectivity index (χ3n) is 3.70. The topological polar surface area (TPSA) is 58.5 Å². The van der Waals surface area contributed by atoms with Crippen molar-refractivity contribution in [3.8, 4) is 5.75 Å². The van der Waals surface area contributed by atoms with Gasteiger partial charge in [0.25, 0.3) is 0 Å². The average Bonchev–Trinajstić information content (AvgIpc) is 2.89. The summed E-state index contributed by atoms with van der Waals surface area (Å²) in [5.41, 5.74) is 0.299. The zero-order valence-electron chi connectivity index (χ0n) is 12.1. The fraction of sp³-hybridized carbons (Fsp3) is 0.375. The van der Waals surface area contributed by atoms with Crippen molar-refractivity contribution in [2.75, 3.05) is 24.6 Å². The summed E-state index contributed by atoms with van der Waals surface area (Å²) in [6.45, 7) is 3.57. The summed E-state index contributed by atoms with van der Waals surface area (Å²) in [6, 6.07) is 7.85. The molecule has 1 N–H and O–H groups in total. The largest absolute Gasteiger partial charge is 0.491 e. The van der Waals surface area contributed by atoms with Gasteiger partial charge in [0.15, 0.2) is 0 Å². The molecule has 0 unspecified atom stereocenters. The zero-order valence-corrected chi connectivity index (χ0v) is 12.1. The Labute approximate surface area is 124 Å². The van der Waals surface area contributed by atoms with Gasteiger partial charge in [-0.15, -0.1) is 0 Å². The molecule has 0 radical (unpaired) electrons. The molecule has 1 aliphatic heterocycles. The SMILES string of the molecule is Cc1cccc(OC[C@@]2(O)CCN(c3cnccn3)C2)c1. The van der Waals surface area contributed by atoms with Crippen molar-refractivity contribution in [3.05, 3.63) is 48.4 Å². The van der Waals surface area contributed by atoms with Gasteiger partial charge < -0.3 is 14.7 Å². The second kappa shape index (κ2) is 5.69. The van der Waals surface area contributed by atoms with Crippen LogP contribution in [-0.2, 0) is 0 Å². The van der Waals surface area contributed by atoms with E-state index in [1.165, 1.54) is 0 Å². The number of benzene rings is 1. The quantitative estimate of drug-likeness (QED) is 0.928. The molecular formula is C16H19N3O2. The minimum absolute atomic E-state index is 0.285. The maximum absolute atomic E-state index is 10.6. The van der Waals surface area contributed by atoms with Crippen molar-refractivity contribution < 1.29 is 9.84 Å². The standard InChI is InChI=1S/C16H19N3O2/c1-13-3-2-4-14(9-13)21-12-16(20)5-8-19(11-16)15-10-17-6-7-18-15/h2-4,6-7,9-10,20H,5,8,11-12H2,1H3/t16-/m1/s1. The minimum atomic E-state index is -0.846. The van der Waals surface area contributed by atoms with E-state index in [0.717, 1.165) is 23.7 Å². The van der Waals surface area contributed by atoms with Crippen LogP contribution in [0.1, 0.15) is 12.0 Å². The molecule has 2 aromatic rings. The zero-order chi connectivity index (χ0) is 14.7.